The molecule has 9 heteroatoms. The summed E-state index contributed by atoms with van der Waals surface area (Å²) in [7, 11) is -3.71. The average molecular weight is 437 g/mol. The first kappa shape index (κ1) is 21.6. The van der Waals surface area contributed by atoms with Crippen LogP contribution in [0.5, 0.6) is 0 Å². The van der Waals surface area contributed by atoms with Crippen LogP contribution in [-0.2, 0) is 21.8 Å². The maximum Gasteiger partial charge on any atom is 0.416 e. The third-order valence-electron chi connectivity index (χ3n) is 4.46. The topological polar surface area (TPSA) is 76.4 Å². The highest BCUT2D eigenvalue weighted by molar-refractivity contribution is 7.90. The molecular weight excluding hydrogens is 419 g/mol. The van der Waals surface area contributed by atoms with Crippen LogP contribution in [0.3, 0.4) is 0 Å². The molecule has 1 atom stereocenters. The van der Waals surface area contributed by atoms with E-state index in [9.17, 15) is 26.4 Å². The van der Waals surface area contributed by atoms with Crippen LogP contribution in [0.1, 0.15) is 40.2 Å². The van der Waals surface area contributed by atoms with Crippen molar-refractivity contribution in [3.05, 3.63) is 89.4 Å². The molecule has 0 saturated carbocycles. The zero-order valence-corrected chi connectivity index (χ0v) is 16.6. The van der Waals surface area contributed by atoms with Gasteiger partial charge < -0.3 is 9.73 Å². The highest BCUT2D eigenvalue weighted by atomic mass is 32.2. The summed E-state index contributed by atoms with van der Waals surface area (Å²) in [5.41, 5.74) is -0.412. The molecule has 1 heterocycles. The number of furan rings is 1. The summed E-state index contributed by atoms with van der Waals surface area (Å²) >= 11 is 0. The Bertz CT molecular complexity index is 1140. The van der Waals surface area contributed by atoms with Gasteiger partial charge >= 0.3 is 6.18 Å². The Kier molecular flexibility index (Phi) is 6.02. The van der Waals surface area contributed by atoms with Crippen LogP contribution in [0.2, 0.25) is 0 Å². The summed E-state index contributed by atoms with van der Waals surface area (Å²) in [5, 5.41) is 2.55. The first-order chi connectivity index (χ1) is 14.1. The van der Waals surface area contributed by atoms with E-state index in [2.05, 4.69) is 5.32 Å². The third kappa shape index (κ3) is 4.91. The van der Waals surface area contributed by atoms with Crippen molar-refractivity contribution >= 4 is 15.7 Å². The van der Waals surface area contributed by atoms with Crippen molar-refractivity contribution in [2.45, 2.75) is 29.8 Å². The lowest BCUT2D eigenvalue weighted by Crippen LogP contribution is -2.27. The molecule has 0 saturated heterocycles. The van der Waals surface area contributed by atoms with E-state index in [1.807, 2.05) is 0 Å². The van der Waals surface area contributed by atoms with Crippen LogP contribution in [0.4, 0.5) is 13.2 Å². The highest BCUT2D eigenvalue weighted by Crippen LogP contribution is 2.31. The fourth-order valence-corrected chi connectivity index (χ4v) is 4.27. The van der Waals surface area contributed by atoms with E-state index in [0.717, 1.165) is 12.1 Å². The Balaban J connectivity index is 1.77. The average Bonchev–Trinajstić information content (AvgIpc) is 3.15. The Morgan fingerprint density at radius 3 is 2.43 bits per heavy atom. The molecule has 3 aromatic rings. The number of rotatable bonds is 6. The molecule has 3 rings (SSSR count). The maximum atomic E-state index is 12.9. The van der Waals surface area contributed by atoms with Crippen LogP contribution < -0.4 is 5.32 Å². The van der Waals surface area contributed by atoms with Gasteiger partial charge in [-0.25, -0.2) is 8.42 Å². The zero-order valence-electron chi connectivity index (χ0n) is 15.8. The number of amides is 1. The monoisotopic (exact) mass is 437 g/mol. The summed E-state index contributed by atoms with van der Waals surface area (Å²) in [6.45, 7) is 1.52. The number of nitrogens with one attached hydrogen (secondary N) is 1. The summed E-state index contributed by atoms with van der Waals surface area (Å²) in [4.78, 5) is 12.7. The fraction of sp³-hybridized carbons (Fsp3) is 0.190. The molecule has 1 N–H and O–H groups in total. The van der Waals surface area contributed by atoms with Crippen LogP contribution in [0, 0.1) is 0 Å². The maximum absolute atomic E-state index is 12.9. The first-order valence-corrected chi connectivity index (χ1v) is 10.6. The summed E-state index contributed by atoms with van der Waals surface area (Å²) in [6, 6.07) is 13.0. The van der Waals surface area contributed by atoms with Crippen molar-refractivity contribution in [3.8, 4) is 0 Å². The predicted molar refractivity (Wildman–Crippen MR) is 103 cm³/mol. The lowest BCUT2D eigenvalue weighted by atomic mass is 10.0. The lowest BCUT2D eigenvalue weighted by molar-refractivity contribution is -0.137. The number of alkyl halides is 3. The Morgan fingerprint density at radius 2 is 1.77 bits per heavy atom. The lowest BCUT2D eigenvalue weighted by Gasteiger charge is -2.16. The smallest absolute Gasteiger partial charge is 0.416 e. The van der Waals surface area contributed by atoms with E-state index in [1.54, 1.807) is 18.2 Å². The van der Waals surface area contributed by atoms with Gasteiger partial charge in [0.15, 0.2) is 15.6 Å². The minimum atomic E-state index is -4.50. The van der Waals surface area contributed by atoms with Gasteiger partial charge in [0.1, 0.15) is 0 Å². The quantitative estimate of drug-likeness (QED) is 0.603. The number of halogens is 3. The molecule has 0 spiro atoms. The molecule has 0 aliphatic carbocycles. The Hall–Kier alpha value is -3.07. The van der Waals surface area contributed by atoms with Crippen LogP contribution in [-0.4, -0.2) is 14.3 Å². The van der Waals surface area contributed by atoms with E-state index in [4.69, 9.17) is 4.42 Å². The number of benzene rings is 2. The molecule has 158 valence electrons. The van der Waals surface area contributed by atoms with Gasteiger partial charge in [0.25, 0.3) is 5.91 Å². The fourth-order valence-electron chi connectivity index (χ4n) is 2.89. The second kappa shape index (κ2) is 8.35. The van der Waals surface area contributed by atoms with Crippen molar-refractivity contribution in [1.82, 2.24) is 5.32 Å². The molecule has 30 heavy (non-hydrogen) atoms. The van der Waals surface area contributed by atoms with Gasteiger partial charge in [0.05, 0.1) is 28.5 Å². The summed E-state index contributed by atoms with van der Waals surface area (Å²) in [6.07, 6.45) is -3.31. The van der Waals surface area contributed by atoms with Gasteiger partial charge in [-0.05, 0) is 42.8 Å². The number of hydrogen-bond acceptors (Lipinski definition) is 4. The van der Waals surface area contributed by atoms with Crippen molar-refractivity contribution in [2.75, 3.05) is 0 Å². The molecule has 0 aliphatic rings. The van der Waals surface area contributed by atoms with Gasteiger partial charge in [-0.15, -0.1) is 0 Å². The molecule has 1 amide bonds. The van der Waals surface area contributed by atoms with E-state index in [-0.39, 0.29) is 21.8 Å². The van der Waals surface area contributed by atoms with Gasteiger partial charge in [-0.3, -0.25) is 4.79 Å². The second-order valence-corrected chi connectivity index (χ2v) is 8.66. The van der Waals surface area contributed by atoms with Gasteiger partial charge in [0, 0.05) is 5.56 Å². The van der Waals surface area contributed by atoms with Crippen molar-refractivity contribution in [3.63, 3.8) is 0 Å². The van der Waals surface area contributed by atoms with Crippen LogP contribution >= 0.6 is 0 Å². The van der Waals surface area contributed by atoms with E-state index >= 15 is 0 Å². The number of carbonyl (C=O) groups excluding carboxylic acids is 1. The zero-order chi connectivity index (χ0) is 21.9. The Morgan fingerprint density at radius 1 is 1.07 bits per heavy atom. The molecular formula is C21H18F3NO4S. The van der Waals surface area contributed by atoms with Gasteiger partial charge in [-0.2, -0.15) is 13.2 Å². The molecule has 0 bridgehead atoms. The van der Waals surface area contributed by atoms with Crippen molar-refractivity contribution < 1.29 is 30.8 Å². The number of sulfone groups is 1. The molecule has 1 aromatic heterocycles. The molecule has 0 unspecified atom stereocenters. The number of hydrogen-bond donors (Lipinski definition) is 1. The summed E-state index contributed by atoms with van der Waals surface area (Å²) in [5.74, 6) is -1.37. The van der Waals surface area contributed by atoms with Gasteiger partial charge in [-0.1, -0.05) is 30.3 Å². The molecule has 0 fully saturated rings. The highest BCUT2D eigenvalue weighted by Gasteiger charge is 2.31. The minimum Gasteiger partial charge on any atom is -0.459 e. The van der Waals surface area contributed by atoms with Crippen LogP contribution in [0.25, 0.3) is 0 Å². The minimum absolute atomic E-state index is 0.106. The van der Waals surface area contributed by atoms with Crippen molar-refractivity contribution in [1.29, 1.82) is 0 Å². The van der Waals surface area contributed by atoms with E-state index in [0.29, 0.717) is 0 Å². The Labute approximate surface area is 171 Å². The number of carbonyl (C=O) groups is 1. The standard InChI is InChI=1S/C21H18F3NO4S/c1-14(15-6-5-7-17(12-15)21(22,23)24)25-20(26)19-16(10-11-29-19)13-30(27,28)18-8-3-2-4-9-18/h2-12,14H,13H2,1H3,(H,25,26)/t14-/m1/s1. The van der Waals surface area contributed by atoms with E-state index < -0.39 is 39.3 Å². The first-order valence-electron chi connectivity index (χ1n) is 8.90. The molecule has 5 nitrogen and oxygen atoms in total. The van der Waals surface area contributed by atoms with E-state index in [1.165, 1.54) is 43.5 Å². The molecule has 2 aromatic carbocycles. The largest absolute Gasteiger partial charge is 0.459 e. The normalized spacial score (nSPS) is 13.1. The SMILES string of the molecule is C[C@@H](NC(=O)c1occc1CS(=O)(=O)c1ccccc1)c1cccc(C(F)(F)F)c1. The third-order valence-corrected chi connectivity index (χ3v) is 6.14. The van der Waals surface area contributed by atoms with Crippen LogP contribution in [0.15, 0.2) is 76.2 Å². The van der Waals surface area contributed by atoms with Gasteiger partial charge in [0.2, 0.25) is 0 Å². The van der Waals surface area contributed by atoms with Crippen molar-refractivity contribution in [2.24, 2.45) is 0 Å². The predicted octanol–water partition coefficient (Wildman–Crippen LogP) is 4.76. The summed E-state index contributed by atoms with van der Waals surface area (Å²) < 4.78 is 69.0. The molecule has 0 aliphatic heterocycles. The second-order valence-electron chi connectivity index (χ2n) is 6.67. The molecule has 0 radical (unpaired) electrons.